The molecule has 2 atom stereocenters. The number of nitrogens with two attached hydrogens (primary N) is 1. The number of imide groups is 2. The number of carbonyl (C=O) groups is 5. The number of rotatable bonds is 21. The zero-order valence-electron chi connectivity index (χ0n) is 37.0. The quantitative estimate of drug-likeness (QED) is 0.0456. The Kier molecular flexibility index (Phi) is 15.4. The fourth-order valence-electron chi connectivity index (χ4n) is 8.15. The average Bonchev–Trinajstić information content (AvgIpc) is 3.87. The van der Waals surface area contributed by atoms with E-state index in [1.807, 2.05) is 65.3 Å². The van der Waals surface area contributed by atoms with E-state index in [1.54, 1.807) is 17.0 Å². The number of para-hydroxylation sites is 1. The number of nitrogen functional groups attached to an aromatic ring is 1. The van der Waals surface area contributed by atoms with Gasteiger partial charge in [0.15, 0.2) is 5.65 Å². The van der Waals surface area contributed by atoms with Crippen LogP contribution < -0.4 is 20.5 Å². The van der Waals surface area contributed by atoms with Gasteiger partial charge in [-0.2, -0.15) is 10.4 Å². The van der Waals surface area contributed by atoms with Crippen LogP contribution in [-0.2, 0) is 33.3 Å². The van der Waals surface area contributed by atoms with Crippen LogP contribution in [0.1, 0.15) is 52.4 Å². The molecule has 8 rings (SSSR count). The van der Waals surface area contributed by atoms with Crippen LogP contribution in [0.25, 0.3) is 22.3 Å². The molecule has 1 unspecified atom stereocenters. The zero-order chi connectivity index (χ0) is 47.4. The van der Waals surface area contributed by atoms with Gasteiger partial charge in [0, 0.05) is 25.1 Å². The Morgan fingerprint density at radius 1 is 0.824 bits per heavy atom. The van der Waals surface area contributed by atoms with Crippen molar-refractivity contribution >= 4 is 46.4 Å². The number of hydrogen-bond acceptors (Lipinski definition) is 16. The van der Waals surface area contributed by atoms with Gasteiger partial charge in [-0.25, -0.2) is 14.6 Å². The number of aromatic nitrogens is 4. The molecule has 0 aliphatic carbocycles. The van der Waals surface area contributed by atoms with Crippen LogP contribution in [0, 0.1) is 11.3 Å². The highest BCUT2D eigenvalue weighted by Crippen LogP contribution is 2.36. The zero-order valence-corrected chi connectivity index (χ0v) is 37.0. The number of amides is 5. The second kappa shape index (κ2) is 22.3. The maximum absolute atomic E-state index is 13.6. The lowest BCUT2D eigenvalue weighted by Gasteiger charge is -2.32. The van der Waals surface area contributed by atoms with Gasteiger partial charge in [-0.1, -0.05) is 24.3 Å². The van der Waals surface area contributed by atoms with Gasteiger partial charge in [-0.05, 0) is 73.9 Å². The molecule has 0 bridgehead atoms. The van der Waals surface area contributed by atoms with Crippen LogP contribution in [0.5, 0.6) is 17.2 Å². The second-order valence-electron chi connectivity index (χ2n) is 15.9. The van der Waals surface area contributed by atoms with Crippen molar-refractivity contribution in [1.82, 2.24) is 34.9 Å². The predicted molar refractivity (Wildman–Crippen MR) is 242 cm³/mol. The van der Waals surface area contributed by atoms with E-state index in [2.05, 4.69) is 15.3 Å². The molecular weight excluding hydrogens is 879 g/mol. The molecule has 0 saturated carbocycles. The van der Waals surface area contributed by atoms with E-state index < -0.39 is 29.7 Å². The SMILES string of the molecule is N#C/C(=C/COCCOCCOCCOCCOc1cccc2c1C(=O)N(C1CCC(=O)NC1=O)C2=O)C(=O)N1CCC[C@@H](n2nc(-c3ccc(Oc4ccccc4)cc3)c3c(N)ncnc32)C1. The summed E-state index contributed by atoms with van der Waals surface area (Å²) in [5.41, 5.74) is 8.55. The topological polar surface area (TPSA) is 253 Å². The van der Waals surface area contributed by atoms with Crippen molar-refractivity contribution in [2.24, 2.45) is 0 Å². The van der Waals surface area contributed by atoms with Gasteiger partial charge in [-0.15, -0.1) is 0 Å². The molecule has 20 heteroatoms. The molecule has 5 heterocycles. The van der Waals surface area contributed by atoms with Crippen molar-refractivity contribution in [1.29, 1.82) is 5.26 Å². The van der Waals surface area contributed by atoms with Crippen molar-refractivity contribution in [3.63, 3.8) is 0 Å². The first-order chi connectivity index (χ1) is 33.2. The predicted octanol–water partition coefficient (Wildman–Crippen LogP) is 4.03. The summed E-state index contributed by atoms with van der Waals surface area (Å²) in [5, 5.41) is 17.7. The third-order valence-corrected chi connectivity index (χ3v) is 11.4. The number of nitriles is 1. The smallest absolute Gasteiger partial charge is 0.266 e. The molecule has 0 radical (unpaired) electrons. The maximum atomic E-state index is 13.6. The van der Waals surface area contributed by atoms with Crippen LogP contribution in [0.3, 0.4) is 0 Å². The third-order valence-electron chi connectivity index (χ3n) is 11.4. The molecule has 3 aliphatic heterocycles. The Hall–Kier alpha value is -7.57. The van der Waals surface area contributed by atoms with Crippen LogP contribution in [0.4, 0.5) is 5.82 Å². The van der Waals surface area contributed by atoms with Crippen molar-refractivity contribution in [3.05, 3.63) is 102 Å². The van der Waals surface area contributed by atoms with E-state index in [0.29, 0.717) is 67.6 Å². The standard InChI is InChI=1S/C48H49N9O11/c49-28-32(46(60)55-18-5-6-33(29-55)57-44-41(43(50)51-30-52-44)42(54-57)31-11-13-35(14-12-31)68-34-7-2-1-3-8-34)17-19-63-20-21-64-22-23-65-24-25-66-26-27-67-38-10-4-9-36-40(38)48(62)56(47(36)61)37-15-16-39(58)53-45(37)59/h1-4,7-14,17,30,33,37H,5-6,15-16,18-27,29H2,(H2,50,51,52)(H,53,58,59)/b32-17-/t33-,37?/m1/s1. The van der Waals surface area contributed by atoms with Gasteiger partial charge in [0.05, 0.1) is 75.4 Å². The van der Waals surface area contributed by atoms with Gasteiger partial charge < -0.3 is 39.1 Å². The van der Waals surface area contributed by atoms with Crippen LogP contribution in [0.2, 0.25) is 0 Å². The summed E-state index contributed by atoms with van der Waals surface area (Å²) in [6.07, 6.45) is 4.40. The summed E-state index contributed by atoms with van der Waals surface area (Å²) in [6.45, 7) is 2.83. The van der Waals surface area contributed by atoms with Gasteiger partial charge in [0.25, 0.3) is 17.7 Å². The molecular formula is C48H49N9O11. The number of nitrogens with one attached hydrogen (secondary N) is 1. The molecule has 68 heavy (non-hydrogen) atoms. The normalized spacial score (nSPS) is 17.3. The van der Waals surface area contributed by atoms with Crippen molar-refractivity contribution in [3.8, 4) is 34.6 Å². The summed E-state index contributed by atoms with van der Waals surface area (Å²) in [7, 11) is 0. The monoisotopic (exact) mass is 927 g/mol. The molecule has 20 nitrogen and oxygen atoms in total. The Morgan fingerprint density at radius 3 is 2.25 bits per heavy atom. The van der Waals surface area contributed by atoms with Gasteiger partial charge in [0.2, 0.25) is 11.8 Å². The number of likely N-dealkylation sites (tertiary alicyclic amines) is 1. The second-order valence-corrected chi connectivity index (χ2v) is 15.9. The highest BCUT2D eigenvalue weighted by atomic mass is 16.6. The molecule has 3 N–H and O–H groups in total. The minimum atomic E-state index is -1.06. The number of hydrogen-bond donors (Lipinski definition) is 2. The summed E-state index contributed by atoms with van der Waals surface area (Å²) in [5.74, 6) is -0.888. The summed E-state index contributed by atoms with van der Waals surface area (Å²) < 4.78 is 35.8. The summed E-state index contributed by atoms with van der Waals surface area (Å²) in [6, 6.07) is 22.4. The van der Waals surface area contributed by atoms with E-state index in [-0.39, 0.29) is 86.9 Å². The van der Waals surface area contributed by atoms with E-state index in [0.717, 1.165) is 22.6 Å². The number of fused-ring (bicyclic) bond motifs is 2. The summed E-state index contributed by atoms with van der Waals surface area (Å²) >= 11 is 0. The average molecular weight is 928 g/mol. The first-order valence-electron chi connectivity index (χ1n) is 22.2. The molecule has 2 fully saturated rings. The minimum Gasteiger partial charge on any atom is -0.490 e. The molecule has 3 aromatic carbocycles. The van der Waals surface area contributed by atoms with Crippen LogP contribution in [0.15, 0.2) is 90.8 Å². The molecule has 5 aromatic rings. The minimum absolute atomic E-state index is 0.0160. The Bertz CT molecular complexity index is 2720. The Balaban J connectivity index is 0.712. The van der Waals surface area contributed by atoms with Gasteiger partial charge >= 0.3 is 0 Å². The van der Waals surface area contributed by atoms with Crippen molar-refractivity contribution in [2.75, 3.05) is 78.3 Å². The largest absolute Gasteiger partial charge is 0.490 e. The molecule has 5 amide bonds. The molecule has 0 spiro atoms. The van der Waals surface area contributed by atoms with Crippen molar-refractivity contribution < 1.29 is 52.4 Å². The molecule has 352 valence electrons. The first-order valence-corrected chi connectivity index (χ1v) is 22.2. The molecule has 2 saturated heterocycles. The van der Waals surface area contributed by atoms with Gasteiger partial charge in [0.1, 0.15) is 59.4 Å². The third kappa shape index (κ3) is 10.8. The van der Waals surface area contributed by atoms with E-state index in [4.69, 9.17) is 39.3 Å². The fourth-order valence-corrected chi connectivity index (χ4v) is 8.15. The fraction of sp³-hybridized carbons (Fsp3) is 0.354. The summed E-state index contributed by atoms with van der Waals surface area (Å²) in [4.78, 5) is 75.0. The number of ether oxygens (including phenoxy) is 6. The Morgan fingerprint density at radius 2 is 1.53 bits per heavy atom. The lowest BCUT2D eigenvalue weighted by molar-refractivity contribution is -0.136. The Labute approximate surface area is 390 Å². The highest BCUT2D eigenvalue weighted by molar-refractivity contribution is 6.24. The van der Waals surface area contributed by atoms with Crippen LogP contribution >= 0.6 is 0 Å². The number of anilines is 1. The van der Waals surface area contributed by atoms with Crippen LogP contribution in [-0.4, -0.2) is 138 Å². The highest BCUT2D eigenvalue weighted by Gasteiger charge is 2.46. The maximum Gasteiger partial charge on any atom is 0.266 e. The lowest BCUT2D eigenvalue weighted by Crippen LogP contribution is -2.54. The van der Waals surface area contributed by atoms with Crippen molar-refractivity contribution in [2.45, 2.75) is 37.8 Å². The number of piperidine rings is 2. The van der Waals surface area contributed by atoms with E-state index in [9.17, 15) is 29.2 Å². The van der Waals surface area contributed by atoms with Gasteiger partial charge in [-0.3, -0.25) is 34.2 Å². The number of nitrogens with zero attached hydrogens (tertiary/aromatic N) is 7. The molecule has 3 aliphatic rings. The van der Waals surface area contributed by atoms with E-state index >= 15 is 0 Å². The first kappa shape index (κ1) is 46.9. The lowest BCUT2D eigenvalue weighted by atomic mass is 10.0. The number of carbonyl (C=O) groups excluding carboxylic acids is 5. The molecule has 2 aromatic heterocycles. The number of benzene rings is 3. The van der Waals surface area contributed by atoms with E-state index in [1.165, 1.54) is 18.5 Å².